The fourth-order valence-electron chi connectivity index (χ4n) is 3.02. The van der Waals surface area contributed by atoms with Gasteiger partial charge in [-0.1, -0.05) is 6.92 Å². The van der Waals surface area contributed by atoms with E-state index in [4.69, 9.17) is 0 Å². The van der Waals surface area contributed by atoms with Crippen molar-refractivity contribution in [2.75, 3.05) is 6.54 Å². The smallest absolute Gasteiger partial charge is 0.249 e. The highest BCUT2D eigenvalue weighted by Gasteiger charge is 2.52. The van der Waals surface area contributed by atoms with Gasteiger partial charge in [0.1, 0.15) is 12.1 Å². The molecule has 2 heterocycles. The van der Waals surface area contributed by atoms with Crippen molar-refractivity contribution in [3.05, 3.63) is 21.9 Å². The van der Waals surface area contributed by atoms with Crippen LogP contribution in [0.15, 0.2) is 11.4 Å². The van der Waals surface area contributed by atoms with Gasteiger partial charge in [0.2, 0.25) is 11.8 Å². The van der Waals surface area contributed by atoms with Gasteiger partial charge in [-0.25, -0.2) is 0 Å². The molecule has 108 valence electrons. The normalized spacial score (nSPS) is 26.8. The Hall–Kier alpha value is -1.36. The second-order valence-electron chi connectivity index (χ2n) is 5.91. The minimum atomic E-state index is -0.682. The number of piperazine rings is 1. The lowest BCUT2D eigenvalue weighted by molar-refractivity contribution is -0.150. The van der Waals surface area contributed by atoms with Gasteiger partial charge in [-0.15, -0.1) is 11.3 Å². The van der Waals surface area contributed by atoms with Crippen molar-refractivity contribution in [3.8, 4) is 0 Å². The molecule has 1 aliphatic heterocycles. The quantitative estimate of drug-likeness (QED) is 0.922. The fourth-order valence-corrected chi connectivity index (χ4v) is 4.01. The summed E-state index contributed by atoms with van der Waals surface area (Å²) in [7, 11) is 0. The molecule has 1 atom stereocenters. The van der Waals surface area contributed by atoms with Gasteiger partial charge in [-0.3, -0.25) is 9.59 Å². The molecule has 1 aromatic rings. The molecule has 2 aliphatic rings. The Morgan fingerprint density at radius 2 is 2.20 bits per heavy atom. The van der Waals surface area contributed by atoms with E-state index in [9.17, 15) is 9.59 Å². The number of amides is 2. The van der Waals surface area contributed by atoms with Crippen LogP contribution in [0.3, 0.4) is 0 Å². The van der Waals surface area contributed by atoms with Crippen LogP contribution in [-0.2, 0) is 22.6 Å². The van der Waals surface area contributed by atoms with E-state index in [1.807, 2.05) is 6.92 Å². The predicted octanol–water partition coefficient (Wildman–Crippen LogP) is 1.94. The summed E-state index contributed by atoms with van der Waals surface area (Å²) in [5, 5.41) is 4.97. The Bertz CT molecular complexity index is 550. The molecule has 5 heteroatoms. The molecule has 2 amide bonds. The minimum absolute atomic E-state index is 0.0337. The van der Waals surface area contributed by atoms with Gasteiger partial charge in [-0.2, -0.15) is 0 Å². The summed E-state index contributed by atoms with van der Waals surface area (Å²) in [6.45, 7) is 4.74. The van der Waals surface area contributed by atoms with Crippen LogP contribution in [0.1, 0.15) is 37.1 Å². The maximum Gasteiger partial charge on any atom is 0.249 e. The third kappa shape index (κ3) is 2.24. The Morgan fingerprint density at radius 1 is 1.45 bits per heavy atom. The Balaban J connectivity index is 1.81. The third-order valence-corrected chi connectivity index (χ3v) is 5.36. The highest BCUT2D eigenvalue weighted by atomic mass is 32.1. The van der Waals surface area contributed by atoms with Gasteiger partial charge >= 0.3 is 0 Å². The Kier molecular flexibility index (Phi) is 3.32. The summed E-state index contributed by atoms with van der Waals surface area (Å²) >= 11 is 1.67. The zero-order valence-corrected chi connectivity index (χ0v) is 12.8. The number of nitrogens with zero attached hydrogens (tertiary/aromatic N) is 1. The average Bonchev–Trinajstić information content (AvgIpc) is 3.17. The van der Waals surface area contributed by atoms with E-state index in [0.29, 0.717) is 12.5 Å². The molecule has 20 heavy (non-hydrogen) atoms. The van der Waals surface area contributed by atoms with Crippen LogP contribution < -0.4 is 5.32 Å². The zero-order chi connectivity index (χ0) is 14.3. The first kappa shape index (κ1) is 13.6. The lowest BCUT2D eigenvalue weighted by Gasteiger charge is -2.40. The average molecular weight is 292 g/mol. The topological polar surface area (TPSA) is 49.4 Å². The monoisotopic (exact) mass is 292 g/mol. The van der Waals surface area contributed by atoms with Gasteiger partial charge < -0.3 is 10.2 Å². The maximum absolute atomic E-state index is 12.7. The Morgan fingerprint density at radius 3 is 2.85 bits per heavy atom. The number of carbonyl (C=O) groups is 2. The van der Waals surface area contributed by atoms with Crippen LogP contribution in [0, 0.1) is 5.92 Å². The van der Waals surface area contributed by atoms with Crippen molar-refractivity contribution in [1.29, 1.82) is 0 Å². The molecule has 1 aromatic heterocycles. The molecule has 4 nitrogen and oxygen atoms in total. The van der Waals surface area contributed by atoms with Crippen molar-refractivity contribution >= 4 is 23.2 Å². The largest absolute Gasteiger partial charge is 0.340 e. The molecular weight excluding hydrogens is 272 g/mol. The van der Waals surface area contributed by atoms with E-state index in [1.54, 1.807) is 16.2 Å². The van der Waals surface area contributed by atoms with E-state index in [1.165, 1.54) is 10.4 Å². The highest BCUT2D eigenvalue weighted by Crippen LogP contribution is 2.41. The van der Waals surface area contributed by atoms with Crippen LogP contribution in [0.4, 0.5) is 0 Å². The number of carbonyl (C=O) groups excluding carboxylic acids is 2. The molecule has 0 spiro atoms. The van der Waals surface area contributed by atoms with E-state index in [0.717, 1.165) is 19.3 Å². The third-order valence-electron chi connectivity index (χ3n) is 4.41. The number of hydrogen-bond donors (Lipinski definition) is 1. The van der Waals surface area contributed by atoms with E-state index in [2.05, 4.69) is 23.7 Å². The maximum atomic E-state index is 12.7. The molecule has 1 unspecified atom stereocenters. The first-order valence-corrected chi connectivity index (χ1v) is 8.08. The summed E-state index contributed by atoms with van der Waals surface area (Å²) in [6, 6.07) is 2.11. The molecule has 1 saturated heterocycles. The van der Waals surface area contributed by atoms with E-state index >= 15 is 0 Å². The van der Waals surface area contributed by atoms with Crippen LogP contribution in [0.25, 0.3) is 0 Å². The second-order valence-corrected chi connectivity index (χ2v) is 6.91. The Labute approximate surface area is 123 Å². The van der Waals surface area contributed by atoms with Gasteiger partial charge in [0, 0.05) is 4.88 Å². The first-order chi connectivity index (χ1) is 9.54. The molecular formula is C15H20N2O2S. The van der Waals surface area contributed by atoms with Crippen molar-refractivity contribution in [2.24, 2.45) is 5.92 Å². The van der Waals surface area contributed by atoms with Crippen molar-refractivity contribution in [3.63, 3.8) is 0 Å². The fraction of sp³-hybridized carbons (Fsp3) is 0.600. The summed E-state index contributed by atoms with van der Waals surface area (Å²) in [4.78, 5) is 27.6. The highest BCUT2D eigenvalue weighted by molar-refractivity contribution is 7.10. The van der Waals surface area contributed by atoms with Gasteiger partial charge in [0.05, 0.1) is 6.54 Å². The summed E-state index contributed by atoms with van der Waals surface area (Å²) in [5.41, 5.74) is 0.598. The van der Waals surface area contributed by atoms with Gasteiger partial charge in [0.15, 0.2) is 0 Å². The molecule has 3 rings (SSSR count). The van der Waals surface area contributed by atoms with Crippen LogP contribution in [-0.4, -0.2) is 28.8 Å². The summed E-state index contributed by atoms with van der Waals surface area (Å²) in [5.74, 6) is 0.361. The lowest BCUT2D eigenvalue weighted by atomic mass is 9.91. The SMILES string of the molecule is CCc1ccsc1CN1CC(=O)NC(C)(C2CC2)C1=O. The van der Waals surface area contributed by atoms with Crippen LogP contribution in [0.5, 0.6) is 0 Å². The van der Waals surface area contributed by atoms with Crippen molar-refractivity contribution < 1.29 is 9.59 Å². The van der Waals surface area contributed by atoms with Gasteiger partial charge in [0.25, 0.3) is 0 Å². The first-order valence-electron chi connectivity index (χ1n) is 7.20. The standard InChI is InChI=1S/C15H20N2O2S/c1-3-10-6-7-20-12(10)8-17-9-13(18)16-15(2,14(17)19)11-4-5-11/h6-7,11H,3-5,8-9H2,1-2H3,(H,16,18). The molecule has 1 aliphatic carbocycles. The molecule has 0 bridgehead atoms. The van der Waals surface area contributed by atoms with E-state index < -0.39 is 5.54 Å². The molecule has 1 saturated carbocycles. The predicted molar refractivity (Wildman–Crippen MR) is 78.4 cm³/mol. The van der Waals surface area contributed by atoms with Crippen molar-refractivity contribution in [1.82, 2.24) is 10.2 Å². The van der Waals surface area contributed by atoms with Crippen LogP contribution in [0.2, 0.25) is 0 Å². The van der Waals surface area contributed by atoms with Crippen LogP contribution >= 0.6 is 11.3 Å². The lowest BCUT2D eigenvalue weighted by Crippen LogP contribution is -2.66. The number of rotatable bonds is 4. The summed E-state index contributed by atoms with van der Waals surface area (Å²) < 4.78 is 0. The number of thiophene rings is 1. The van der Waals surface area contributed by atoms with Crippen molar-refractivity contribution in [2.45, 2.75) is 45.2 Å². The number of hydrogen-bond acceptors (Lipinski definition) is 3. The number of nitrogens with one attached hydrogen (secondary N) is 1. The molecule has 0 aromatic carbocycles. The summed E-state index contributed by atoms with van der Waals surface area (Å²) in [6.07, 6.45) is 3.04. The van der Waals surface area contributed by atoms with E-state index in [-0.39, 0.29) is 18.4 Å². The second kappa shape index (κ2) is 4.88. The molecule has 2 fully saturated rings. The molecule has 0 radical (unpaired) electrons. The zero-order valence-electron chi connectivity index (χ0n) is 11.9. The number of aryl methyl sites for hydroxylation is 1. The molecule has 1 N–H and O–H groups in total. The van der Waals surface area contributed by atoms with Gasteiger partial charge in [-0.05, 0) is 49.1 Å². The minimum Gasteiger partial charge on any atom is -0.340 e.